The second kappa shape index (κ2) is 12.3. The number of allylic oxidation sites excluding steroid dienone is 1. The summed E-state index contributed by atoms with van der Waals surface area (Å²) >= 11 is 5.81. The molecule has 1 N–H and O–H groups in total. The average Bonchev–Trinajstić information content (AvgIpc) is 3.24. The summed E-state index contributed by atoms with van der Waals surface area (Å²) in [6.45, 7) is 4.34. The lowest BCUT2D eigenvalue weighted by Gasteiger charge is -2.25. The molecule has 1 amide bonds. The summed E-state index contributed by atoms with van der Waals surface area (Å²) in [5, 5.41) is 2.97. The third kappa shape index (κ3) is 5.75. The van der Waals surface area contributed by atoms with Gasteiger partial charge in [-0.25, -0.2) is 4.99 Å². The number of hydrogen-bond donors (Lipinski definition) is 1. The Balaban J connectivity index is 1.67. The first kappa shape index (κ1) is 28.6. The largest absolute Gasteiger partial charge is 0.497 e. The molecule has 0 radical (unpaired) electrons. The molecular formula is C30H25I2N3O4S. The number of amides is 1. The van der Waals surface area contributed by atoms with Gasteiger partial charge in [0, 0.05) is 5.69 Å². The Kier molecular flexibility index (Phi) is 8.76. The van der Waals surface area contributed by atoms with Gasteiger partial charge in [0.15, 0.2) is 4.80 Å². The number of halogens is 2. The maximum Gasteiger partial charge on any atom is 0.271 e. The highest BCUT2D eigenvalue weighted by Gasteiger charge is 2.32. The average molecular weight is 777 g/mol. The molecular weight excluding hydrogens is 752 g/mol. The van der Waals surface area contributed by atoms with Gasteiger partial charge in [0.1, 0.15) is 11.5 Å². The third-order valence-electron chi connectivity index (χ3n) is 6.31. The normalized spacial score (nSPS) is 14.9. The summed E-state index contributed by atoms with van der Waals surface area (Å²) in [5.74, 6) is 1.16. The van der Waals surface area contributed by atoms with E-state index in [1.165, 1.54) is 11.3 Å². The molecule has 5 rings (SSSR count). The maximum atomic E-state index is 14.0. The highest BCUT2D eigenvalue weighted by atomic mass is 127. The van der Waals surface area contributed by atoms with Crippen LogP contribution >= 0.6 is 56.5 Å². The van der Waals surface area contributed by atoms with E-state index in [0.29, 0.717) is 38.6 Å². The number of benzene rings is 3. The van der Waals surface area contributed by atoms with E-state index in [4.69, 9.17) is 14.5 Å². The van der Waals surface area contributed by atoms with Crippen molar-refractivity contribution in [3.8, 4) is 11.5 Å². The molecule has 1 aliphatic rings. The van der Waals surface area contributed by atoms with Crippen LogP contribution in [-0.2, 0) is 4.79 Å². The lowest BCUT2D eigenvalue weighted by atomic mass is 9.95. The number of ether oxygens (including phenoxy) is 2. The van der Waals surface area contributed by atoms with Crippen LogP contribution in [0.5, 0.6) is 11.5 Å². The van der Waals surface area contributed by atoms with Crippen molar-refractivity contribution in [1.29, 1.82) is 0 Å². The number of nitrogens with one attached hydrogen (secondary N) is 1. The SMILES string of the molecule is CCOc1c(I)cc(/C=c2\sc3n(c2=O)[C@H](c2cccc(OC)c2)C(C(=O)Nc2ccccc2)=C(C)N=3)cc1I. The zero-order valence-electron chi connectivity index (χ0n) is 21.9. The minimum Gasteiger partial charge on any atom is -0.497 e. The maximum absolute atomic E-state index is 14.0. The van der Waals surface area contributed by atoms with Crippen LogP contribution in [0.1, 0.15) is 31.0 Å². The fourth-order valence-corrected chi connectivity index (χ4v) is 7.73. The van der Waals surface area contributed by atoms with Crippen molar-refractivity contribution in [2.75, 3.05) is 19.0 Å². The van der Waals surface area contributed by atoms with Gasteiger partial charge in [-0.05, 0) is 113 Å². The molecule has 40 heavy (non-hydrogen) atoms. The molecule has 0 unspecified atom stereocenters. The van der Waals surface area contributed by atoms with Crippen LogP contribution in [0, 0.1) is 7.14 Å². The summed E-state index contributed by atoms with van der Waals surface area (Å²) < 4.78 is 15.3. The Bertz CT molecular complexity index is 1790. The van der Waals surface area contributed by atoms with Gasteiger partial charge in [-0.15, -0.1) is 0 Å². The lowest BCUT2D eigenvalue weighted by molar-refractivity contribution is -0.113. The van der Waals surface area contributed by atoms with E-state index >= 15 is 0 Å². The second-order valence-electron chi connectivity index (χ2n) is 8.93. The molecule has 1 atom stereocenters. The monoisotopic (exact) mass is 777 g/mol. The van der Waals surface area contributed by atoms with Crippen LogP contribution in [0.25, 0.3) is 6.08 Å². The topological polar surface area (TPSA) is 81.9 Å². The van der Waals surface area contributed by atoms with E-state index in [9.17, 15) is 9.59 Å². The Morgan fingerprint density at radius 3 is 2.50 bits per heavy atom. The van der Waals surface area contributed by atoms with E-state index in [0.717, 1.165) is 24.0 Å². The van der Waals surface area contributed by atoms with Crippen molar-refractivity contribution in [1.82, 2.24) is 4.57 Å². The summed E-state index contributed by atoms with van der Waals surface area (Å²) in [7, 11) is 1.59. The molecule has 0 fully saturated rings. The van der Waals surface area contributed by atoms with Crippen molar-refractivity contribution >= 4 is 74.2 Å². The van der Waals surface area contributed by atoms with Crippen LogP contribution < -0.4 is 29.7 Å². The summed E-state index contributed by atoms with van der Waals surface area (Å²) in [5.41, 5.74) is 3.05. The van der Waals surface area contributed by atoms with E-state index in [-0.39, 0.29) is 11.5 Å². The third-order valence-corrected chi connectivity index (χ3v) is 8.90. The number of para-hydroxylation sites is 1. The van der Waals surface area contributed by atoms with Gasteiger partial charge < -0.3 is 14.8 Å². The van der Waals surface area contributed by atoms with Crippen LogP contribution in [0.15, 0.2) is 87.8 Å². The van der Waals surface area contributed by atoms with E-state index in [1.54, 1.807) is 18.6 Å². The van der Waals surface area contributed by atoms with Gasteiger partial charge in [-0.3, -0.25) is 14.2 Å². The van der Waals surface area contributed by atoms with Crippen molar-refractivity contribution in [2.45, 2.75) is 19.9 Å². The number of aromatic nitrogens is 1. The minimum absolute atomic E-state index is 0.215. The molecule has 10 heteroatoms. The van der Waals surface area contributed by atoms with Crippen molar-refractivity contribution in [2.24, 2.45) is 4.99 Å². The van der Waals surface area contributed by atoms with Gasteiger partial charge in [-0.2, -0.15) is 0 Å². The molecule has 4 aromatic rings. The summed E-state index contributed by atoms with van der Waals surface area (Å²) in [6, 6.07) is 20.0. The van der Waals surface area contributed by atoms with Gasteiger partial charge in [0.25, 0.3) is 11.5 Å². The van der Waals surface area contributed by atoms with E-state index in [2.05, 4.69) is 50.5 Å². The van der Waals surface area contributed by atoms with Crippen molar-refractivity contribution in [3.63, 3.8) is 0 Å². The summed E-state index contributed by atoms with van der Waals surface area (Å²) in [4.78, 5) is 33.0. The number of fused-ring (bicyclic) bond motifs is 1. The van der Waals surface area contributed by atoms with E-state index < -0.39 is 6.04 Å². The fraction of sp³-hybridized carbons (Fsp3) is 0.167. The predicted octanol–water partition coefficient (Wildman–Crippen LogP) is 5.49. The molecule has 1 aromatic heterocycles. The van der Waals surface area contributed by atoms with Crippen LogP contribution in [0.4, 0.5) is 5.69 Å². The Hall–Kier alpha value is -2.97. The standard InChI is InChI=1S/C30H25I2N3O4S/c1-4-39-27-22(31)13-18(14-23(27)32)15-24-29(37)35-26(19-9-8-12-21(16-19)38-3)25(17(2)33-30(35)40-24)28(36)34-20-10-6-5-7-11-20/h5-16,26H,4H2,1-3H3,(H,34,36)/b24-15-/t26-/m1/s1. The van der Waals surface area contributed by atoms with Crippen LogP contribution in [0.3, 0.4) is 0 Å². The molecule has 1 aliphatic heterocycles. The molecule has 0 bridgehead atoms. The molecule has 0 aliphatic carbocycles. The second-order valence-corrected chi connectivity index (χ2v) is 12.3. The minimum atomic E-state index is -0.683. The molecule has 0 saturated heterocycles. The number of thiazole rings is 1. The lowest BCUT2D eigenvalue weighted by Crippen LogP contribution is -2.40. The van der Waals surface area contributed by atoms with Crippen LogP contribution in [-0.4, -0.2) is 24.2 Å². The first-order valence-electron chi connectivity index (χ1n) is 12.5. The summed E-state index contributed by atoms with van der Waals surface area (Å²) in [6.07, 6.45) is 1.87. The highest BCUT2D eigenvalue weighted by molar-refractivity contribution is 14.1. The number of rotatable bonds is 7. The zero-order valence-corrected chi connectivity index (χ0v) is 27.0. The Morgan fingerprint density at radius 2 is 1.82 bits per heavy atom. The van der Waals surface area contributed by atoms with Gasteiger partial charge in [0.05, 0.1) is 42.7 Å². The number of nitrogens with zero attached hydrogens (tertiary/aromatic N) is 2. The molecule has 7 nitrogen and oxygen atoms in total. The molecule has 204 valence electrons. The first-order chi connectivity index (χ1) is 19.3. The van der Waals surface area contributed by atoms with Gasteiger partial charge in [-0.1, -0.05) is 41.7 Å². The molecule has 3 aromatic carbocycles. The van der Waals surface area contributed by atoms with Crippen molar-refractivity contribution in [3.05, 3.63) is 116 Å². The number of hydrogen-bond acceptors (Lipinski definition) is 6. The first-order valence-corrected chi connectivity index (χ1v) is 15.4. The Labute approximate surface area is 262 Å². The number of carbonyl (C=O) groups is 1. The molecule has 0 saturated carbocycles. The van der Waals surface area contributed by atoms with E-state index in [1.807, 2.05) is 79.7 Å². The quantitative estimate of drug-likeness (QED) is 0.252. The predicted molar refractivity (Wildman–Crippen MR) is 175 cm³/mol. The van der Waals surface area contributed by atoms with Crippen LogP contribution in [0.2, 0.25) is 0 Å². The number of anilines is 1. The van der Waals surface area contributed by atoms with Gasteiger partial charge >= 0.3 is 0 Å². The van der Waals surface area contributed by atoms with Gasteiger partial charge in [0.2, 0.25) is 0 Å². The smallest absolute Gasteiger partial charge is 0.271 e. The number of methoxy groups -OCH3 is 1. The number of carbonyl (C=O) groups excluding carboxylic acids is 1. The highest BCUT2D eigenvalue weighted by Crippen LogP contribution is 2.33. The fourth-order valence-electron chi connectivity index (χ4n) is 4.56. The van der Waals surface area contributed by atoms with Crippen molar-refractivity contribution < 1.29 is 14.3 Å². The molecule has 0 spiro atoms. The zero-order chi connectivity index (χ0) is 28.4. The molecule has 2 heterocycles. The Morgan fingerprint density at radius 1 is 1.10 bits per heavy atom.